The van der Waals surface area contributed by atoms with Crippen LogP contribution in [0.4, 0.5) is 0 Å². The zero-order valence-corrected chi connectivity index (χ0v) is 13.6. The van der Waals surface area contributed by atoms with Crippen molar-refractivity contribution in [3.05, 3.63) is 23.4 Å². The monoisotopic (exact) mass is 300 g/mol. The van der Waals surface area contributed by atoms with Gasteiger partial charge in [0.2, 0.25) is 0 Å². The number of nitrogens with zero attached hydrogens (tertiary/aromatic N) is 2. The Hall–Kier alpha value is -1.18. The highest BCUT2D eigenvalue weighted by Crippen LogP contribution is 2.20. The molecule has 2 N–H and O–H groups in total. The van der Waals surface area contributed by atoms with Crippen LogP contribution < -0.4 is 5.32 Å². The molecule has 0 bridgehead atoms. The van der Waals surface area contributed by atoms with Gasteiger partial charge in [0.15, 0.2) is 5.03 Å². The number of nitrogens with one attached hydrogen (secondary N) is 2. The largest absolute Gasteiger partial charge is 0.310 e. The molecule has 1 rings (SSSR count). The predicted octanol–water partition coefficient (Wildman–Crippen LogP) is 1.41. The topological polar surface area (TPSA) is 78.1 Å². The van der Waals surface area contributed by atoms with Gasteiger partial charge < -0.3 is 5.32 Å². The Balaban J connectivity index is 3.09. The SMILES string of the molecule is C=C(C)CN(C)S(=O)(=O)c1n[nH]c(C)c1CNC(C)C. The smallest absolute Gasteiger partial charge is 0.262 e. The van der Waals surface area contributed by atoms with Crippen LogP contribution in [0.2, 0.25) is 0 Å². The molecule has 0 aliphatic heterocycles. The molecule has 0 aromatic carbocycles. The standard InChI is InChI=1S/C13H24N4O2S/c1-9(2)8-17(6)20(18,19)13-12(7-14-10(3)4)11(5)15-16-13/h10,14H,1,7-8H2,2-6H3,(H,15,16). The summed E-state index contributed by atoms with van der Waals surface area (Å²) in [5.74, 6) is 0. The second-order valence-electron chi connectivity index (χ2n) is 5.39. The molecule has 0 spiro atoms. The molecule has 114 valence electrons. The summed E-state index contributed by atoms with van der Waals surface area (Å²) in [4.78, 5) is 0. The van der Waals surface area contributed by atoms with Gasteiger partial charge >= 0.3 is 0 Å². The Morgan fingerprint density at radius 1 is 1.50 bits per heavy atom. The number of H-pyrrole nitrogens is 1. The van der Waals surface area contributed by atoms with Crippen molar-refractivity contribution in [3.63, 3.8) is 0 Å². The van der Waals surface area contributed by atoms with E-state index >= 15 is 0 Å². The zero-order chi connectivity index (χ0) is 15.5. The number of sulfonamides is 1. The average Bonchev–Trinajstić information content (AvgIpc) is 2.67. The van der Waals surface area contributed by atoms with E-state index in [2.05, 4.69) is 22.1 Å². The average molecular weight is 300 g/mol. The van der Waals surface area contributed by atoms with E-state index < -0.39 is 10.0 Å². The molecule has 1 heterocycles. The Kier molecular flexibility index (Phi) is 5.50. The molecular weight excluding hydrogens is 276 g/mol. The van der Waals surface area contributed by atoms with Crippen LogP contribution in [0.3, 0.4) is 0 Å². The molecule has 1 aromatic rings. The summed E-state index contributed by atoms with van der Waals surface area (Å²) in [6, 6.07) is 0.271. The fraction of sp³-hybridized carbons (Fsp3) is 0.615. The minimum atomic E-state index is -3.60. The van der Waals surface area contributed by atoms with Gasteiger partial charge in [-0.25, -0.2) is 8.42 Å². The van der Waals surface area contributed by atoms with Crippen LogP contribution in [0.1, 0.15) is 32.0 Å². The number of hydrogen-bond acceptors (Lipinski definition) is 4. The van der Waals surface area contributed by atoms with Gasteiger partial charge in [-0.15, -0.1) is 0 Å². The first-order chi connectivity index (χ1) is 9.16. The molecule has 0 amide bonds. The maximum Gasteiger partial charge on any atom is 0.262 e. The molecule has 0 unspecified atom stereocenters. The molecule has 0 aliphatic carbocycles. The van der Waals surface area contributed by atoms with Crippen LogP contribution in [0, 0.1) is 6.92 Å². The number of rotatable bonds is 7. The first-order valence-electron chi connectivity index (χ1n) is 6.54. The molecular formula is C13H24N4O2S. The molecule has 0 radical (unpaired) electrons. The third-order valence-electron chi connectivity index (χ3n) is 2.87. The van der Waals surface area contributed by atoms with Crippen LogP contribution >= 0.6 is 0 Å². The third kappa shape index (κ3) is 3.91. The maximum absolute atomic E-state index is 12.5. The number of hydrogen-bond donors (Lipinski definition) is 2. The van der Waals surface area contributed by atoms with E-state index in [1.165, 1.54) is 11.4 Å². The van der Waals surface area contributed by atoms with Crippen molar-refractivity contribution in [3.8, 4) is 0 Å². The van der Waals surface area contributed by atoms with Gasteiger partial charge in [-0.2, -0.15) is 9.40 Å². The lowest BCUT2D eigenvalue weighted by Gasteiger charge is -2.17. The fourth-order valence-corrected chi connectivity index (χ4v) is 3.15. The molecule has 0 fully saturated rings. The summed E-state index contributed by atoms with van der Waals surface area (Å²) in [6.07, 6.45) is 0. The van der Waals surface area contributed by atoms with Crippen molar-refractivity contribution in [1.29, 1.82) is 0 Å². The number of aromatic amines is 1. The molecule has 6 nitrogen and oxygen atoms in total. The van der Waals surface area contributed by atoms with Gasteiger partial charge in [-0.3, -0.25) is 5.10 Å². The van der Waals surface area contributed by atoms with Gasteiger partial charge in [-0.05, 0) is 13.8 Å². The molecule has 20 heavy (non-hydrogen) atoms. The minimum absolute atomic E-state index is 0.0897. The van der Waals surface area contributed by atoms with E-state index in [1.807, 2.05) is 20.8 Å². The van der Waals surface area contributed by atoms with E-state index in [4.69, 9.17) is 0 Å². The van der Waals surface area contributed by atoms with E-state index in [0.717, 1.165) is 11.3 Å². The minimum Gasteiger partial charge on any atom is -0.310 e. The maximum atomic E-state index is 12.5. The lowest BCUT2D eigenvalue weighted by atomic mass is 10.2. The summed E-state index contributed by atoms with van der Waals surface area (Å²) in [6.45, 7) is 12.1. The Labute approximate surface area is 121 Å². The number of aryl methyl sites for hydroxylation is 1. The highest BCUT2D eigenvalue weighted by molar-refractivity contribution is 7.89. The summed E-state index contributed by atoms with van der Waals surface area (Å²) in [7, 11) is -2.07. The van der Waals surface area contributed by atoms with E-state index in [-0.39, 0.29) is 17.6 Å². The normalized spacial score (nSPS) is 12.3. The summed E-state index contributed by atoms with van der Waals surface area (Å²) in [5.41, 5.74) is 2.23. The lowest BCUT2D eigenvalue weighted by Crippen LogP contribution is -2.30. The van der Waals surface area contributed by atoms with Gasteiger partial charge in [0.05, 0.1) is 0 Å². The second kappa shape index (κ2) is 6.51. The molecule has 7 heteroatoms. The predicted molar refractivity (Wildman–Crippen MR) is 79.9 cm³/mol. The van der Waals surface area contributed by atoms with Crippen molar-refractivity contribution in [2.45, 2.75) is 45.3 Å². The first-order valence-corrected chi connectivity index (χ1v) is 7.98. The third-order valence-corrected chi connectivity index (χ3v) is 4.65. The number of likely N-dealkylation sites (N-methyl/N-ethyl adjacent to an activating group) is 1. The highest BCUT2D eigenvalue weighted by Gasteiger charge is 2.27. The van der Waals surface area contributed by atoms with Crippen molar-refractivity contribution in [2.75, 3.05) is 13.6 Å². The molecule has 0 aliphatic rings. The van der Waals surface area contributed by atoms with Crippen molar-refractivity contribution in [2.24, 2.45) is 0 Å². The Bertz CT molecular complexity index is 575. The van der Waals surface area contributed by atoms with Crippen LogP contribution in [0.5, 0.6) is 0 Å². The molecule has 0 saturated heterocycles. The van der Waals surface area contributed by atoms with Crippen LogP contribution in [-0.2, 0) is 16.6 Å². The van der Waals surface area contributed by atoms with E-state index in [1.54, 1.807) is 6.92 Å². The van der Waals surface area contributed by atoms with E-state index in [0.29, 0.717) is 12.1 Å². The fourth-order valence-electron chi connectivity index (χ4n) is 1.77. The quantitative estimate of drug-likeness (QED) is 0.746. The van der Waals surface area contributed by atoms with Gasteiger partial charge in [0, 0.05) is 37.4 Å². The van der Waals surface area contributed by atoms with Crippen molar-refractivity contribution >= 4 is 10.0 Å². The zero-order valence-electron chi connectivity index (χ0n) is 12.8. The molecule has 1 aromatic heterocycles. The first kappa shape index (κ1) is 16.9. The Morgan fingerprint density at radius 3 is 2.60 bits per heavy atom. The van der Waals surface area contributed by atoms with Gasteiger partial charge in [0.1, 0.15) is 0 Å². The highest BCUT2D eigenvalue weighted by atomic mass is 32.2. The summed E-state index contributed by atoms with van der Waals surface area (Å²) in [5, 5.41) is 10.0. The van der Waals surface area contributed by atoms with E-state index in [9.17, 15) is 8.42 Å². The van der Waals surface area contributed by atoms with Crippen LogP contribution in [0.25, 0.3) is 0 Å². The van der Waals surface area contributed by atoms with Crippen LogP contribution in [0.15, 0.2) is 17.2 Å². The number of aromatic nitrogens is 2. The molecule has 0 atom stereocenters. The van der Waals surface area contributed by atoms with Gasteiger partial charge in [0.25, 0.3) is 10.0 Å². The van der Waals surface area contributed by atoms with Crippen molar-refractivity contribution < 1.29 is 8.42 Å². The Morgan fingerprint density at radius 2 is 2.10 bits per heavy atom. The molecule has 0 saturated carbocycles. The van der Waals surface area contributed by atoms with Crippen molar-refractivity contribution in [1.82, 2.24) is 19.8 Å². The van der Waals surface area contributed by atoms with Crippen LogP contribution in [-0.4, -0.2) is 42.6 Å². The summed E-state index contributed by atoms with van der Waals surface area (Å²) >= 11 is 0. The summed E-state index contributed by atoms with van der Waals surface area (Å²) < 4.78 is 26.3. The second-order valence-corrected chi connectivity index (χ2v) is 7.35. The lowest BCUT2D eigenvalue weighted by molar-refractivity contribution is 0.487. The van der Waals surface area contributed by atoms with Gasteiger partial charge in [-0.1, -0.05) is 26.0 Å².